The van der Waals surface area contributed by atoms with Crippen molar-refractivity contribution in [2.45, 2.75) is 6.36 Å². The summed E-state index contributed by atoms with van der Waals surface area (Å²) in [7, 11) is 0. The van der Waals surface area contributed by atoms with Gasteiger partial charge in [-0.15, -0.1) is 0 Å². The van der Waals surface area contributed by atoms with Gasteiger partial charge in [-0.3, -0.25) is 0 Å². The molecule has 0 spiro atoms. The Morgan fingerprint density at radius 2 is 1.88 bits per heavy atom. The third-order valence-corrected chi connectivity index (χ3v) is 2.15. The van der Waals surface area contributed by atoms with E-state index in [1.165, 1.54) is 6.07 Å². The second-order valence-corrected chi connectivity index (χ2v) is 3.28. The summed E-state index contributed by atoms with van der Waals surface area (Å²) in [5, 5.41) is 10.2. The van der Waals surface area contributed by atoms with E-state index in [1.807, 2.05) is 24.3 Å². The number of alkyl halides is 1. The number of benzene rings is 2. The van der Waals surface area contributed by atoms with Gasteiger partial charge in [0, 0.05) is 0 Å². The predicted octanol–water partition coefficient (Wildman–Crippen LogP) is 2.60. The zero-order valence-electron chi connectivity index (χ0n) is 8.26. The van der Waals surface area contributed by atoms with Crippen molar-refractivity contribution in [1.29, 1.82) is 0 Å². The number of carbonyl (C=O) groups is 1. The maximum atomic E-state index is 12.8. The average molecular weight is 220 g/mol. The van der Waals surface area contributed by atoms with Crippen molar-refractivity contribution in [1.82, 2.24) is 0 Å². The Bertz CT molecular complexity index is 524. The molecule has 0 saturated heterocycles. The van der Waals surface area contributed by atoms with E-state index in [9.17, 15) is 9.18 Å². The first-order valence-corrected chi connectivity index (χ1v) is 4.69. The molecule has 0 aliphatic carbocycles. The first kappa shape index (κ1) is 10.4. The van der Waals surface area contributed by atoms with Crippen LogP contribution in [-0.2, 0) is 4.79 Å². The number of carboxylic acid groups (broad SMARTS) is 1. The van der Waals surface area contributed by atoms with Crippen LogP contribution in [0.3, 0.4) is 0 Å². The zero-order valence-corrected chi connectivity index (χ0v) is 8.26. The molecule has 0 fully saturated rings. The number of halogens is 1. The second kappa shape index (κ2) is 4.18. The molecular weight excluding hydrogens is 211 g/mol. The minimum Gasteiger partial charge on any atom is -0.476 e. The van der Waals surface area contributed by atoms with Crippen LogP contribution in [0.15, 0.2) is 42.5 Å². The topological polar surface area (TPSA) is 46.5 Å². The number of ether oxygens (including phenoxy) is 1. The van der Waals surface area contributed by atoms with Gasteiger partial charge in [0.05, 0.1) is 0 Å². The SMILES string of the molecule is O=C(O)C(F)Oc1ccc2ccccc2c1. The molecule has 2 aromatic carbocycles. The minimum atomic E-state index is -2.33. The second-order valence-electron chi connectivity index (χ2n) is 3.28. The highest BCUT2D eigenvalue weighted by Gasteiger charge is 2.16. The largest absolute Gasteiger partial charge is 0.476 e. The summed E-state index contributed by atoms with van der Waals surface area (Å²) in [6, 6.07) is 12.4. The van der Waals surface area contributed by atoms with Gasteiger partial charge in [0.25, 0.3) is 0 Å². The average Bonchev–Trinajstić information content (AvgIpc) is 2.28. The molecule has 1 unspecified atom stereocenters. The normalized spacial score (nSPS) is 12.3. The van der Waals surface area contributed by atoms with E-state index in [0.717, 1.165) is 10.8 Å². The molecule has 3 nitrogen and oxygen atoms in total. The van der Waals surface area contributed by atoms with E-state index < -0.39 is 12.3 Å². The number of aliphatic carboxylic acids is 1. The van der Waals surface area contributed by atoms with Crippen molar-refractivity contribution in [3.63, 3.8) is 0 Å². The smallest absolute Gasteiger partial charge is 0.378 e. The van der Waals surface area contributed by atoms with Crippen LogP contribution >= 0.6 is 0 Å². The van der Waals surface area contributed by atoms with Gasteiger partial charge in [0.2, 0.25) is 0 Å². The Morgan fingerprint density at radius 1 is 1.19 bits per heavy atom. The van der Waals surface area contributed by atoms with Gasteiger partial charge in [0.15, 0.2) is 0 Å². The lowest BCUT2D eigenvalue weighted by atomic mass is 10.1. The van der Waals surface area contributed by atoms with E-state index in [-0.39, 0.29) is 5.75 Å². The van der Waals surface area contributed by atoms with Crippen molar-refractivity contribution < 1.29 is 19.0 Å². The lowest BCUT2D eigenvalue weighted by Gasteiger charge is -2.07. The molecule has 1 N–H and O–H groups in total. The summed E-state index contributed by atoms with van der Waals surface area (Å²) in [5.74, 6) is -1.43. The molecule has 4 heteroatoms. The van der Waals surface area contributed by atoms with Crippen molar-refractivity contribution in [3.8, 4) is 5.75 Å². The number of fused-ring (bicyclic) bond motifs is 1. The summed E-state index contributed by atoms with van der Waals surface area (Å²) in [4.78, 5) is 10.3. The third kappa shape index (κ3) is 2.11. The molecule has 0 saturated carbocycles. The Hall–Kier alpha value is -2.10. The van der Waals surface area contributed by atoms with Crippen LogP contribution in [0.1, 0.15) is 0 Å². The van der Waals surface area contributed by atoms with Gasteiger partial charge >= 0.3 is 12.3 Å². The zero-order chi connectivity index (χ0) is 11.5. The van der Waals surface area contributed by atoms with E-state index >= 15 is 0 Å². The summed E-state index contributed by atoms with van der Waals surface area (Å²) >= 11 is 0. The summed E-state index contributed by atoms with van der Waals surface area (Å²) in [5.41, 5.74) is 0. The maximum absolute atomic E-state index is 12.8. The number of rotatable bonds is 3. The molecule has 82 valence electrons. The molecule has 2 rings (SSSR count). The fourth-order valence-electron chi connectivity index (χ4n) is 1.41. The van der Waals surface area contributed by atoms with E-state index in [2.05, 4.69) is 4.74 Å². The lowest BCUT2D eigenvalue weighted by molar-refractivity contribution is -0.153. The van der Waals surface area contributed by atoms with Gasteiger partial charge in [-0.1, -0.05) is 30.3 Å². The summed E-state index contributed by atoms with van der Waals surface area (Å²) in [6.45, 7) is 0. The molecule has 2 aromatic rings. The molecule has 0 aliphatic heterocycles. The molecule has 0 bridgehead atoms. The molecule has 1 atom stereocenters. The van der Waals surface area contributed by atoms with Crippen LogP contribution in [0.4, 0.5) is 4.39 Å². The third-order valence-electron chi connectivity index (χ3n) is 2.15. The van der Waals surface area contributed by atoms with Crippen LogP contribution in [0.5, 0.6) is 5.75 Å². The monoisotopic (exact) mass is 220 g/mol. The molecule has 0 aromatic heterocycles. The first-order chi connectivity index (χ1) is 7.66. The molecule has 0 heterocycles. The maximum Gasteiger partial charge on any atom is 0.378 e. The highest BCUT2D eigenvalue weighted by atomic mass is 19.1. The Labute approximate surface area is 91.1 Å². The highest BCUT2D eigenvalue weighted by Crippen LogP contribution is 2.21. The van der Waals surface area contributed by atoms with Crippen LogP contribution in [0.25, 0.3) is 10.8 Å². The van der Waals surface area contributed by atoms with Gasteiger partial charge in [0.1, 0.15) is 5.75 Å². The molecule has 0 amide bonds. The van der Waals surface area contributed by atoms with E-state index in [0.29, 0.717) is 0 Å². The summed E-state index contributed by atoms with van der Waals surface area (Å²) < 4.78 is 17.4. The highest BCUT2D eigenvalue weighted by molar-refractivity contribution is 5.83. The predicted molar refractivity (Wildman–Crippen MR) is 57.1 cm³/mol. The van der Waals surface area contributed by atoms with E-state index in [1.54, 1.807) is 12.1 Å². The molecule has 0 aliphatic rings. The fraction of sp³-hybridized carbons (Fsp3) is 0.0833. The molecule has 0 radical (unpaired) electrons. The standard InChI is InChI=1S/C12H9FO3/c13-11(12(14)15)16-10-6-5-8-3-1-2-4-9(8)7-10/h1-7,11H,(H,14,15). The van der Waals surface area contributed by atoms with Crippen LogP contribution in [0, 0.1) is 0 Å². The van der Waals surface area contributed by atoms with Crippen LogP contribution in [-0.4, -0.2) is 17.4 Å². The van der Waals surface area contributed by atoms with Gasteiger partial charge < -0.3 is 9.84 Å². The van der Waals surface area contributed by atoms with E-state index in [4.69, 9.17) is 5.11 Å². The Balaban J connectivity index is 2.29. The van der Waals surface area contributed by atoms with Gasteiger partial charge in [-0.05, 0) is 22.9 Å². The minimum absolute atomic E-state index is 0.202. The van der Waals surface area contributed by atoms with Crippen molar-refractivity contribution in [2.75, 3.05) is 0 Å². The van der Waals surface area contributed by atoms with Crippen molar-refractivity contribution >= 4 is 16.7 Å². The molecule has 16 heavy (non-hydrogen) atoms. The Kier molecular flexibility index (Phi) is 2.72. The van der Waals surface area contributed by atoms with Crippen molar-refractivity contribution in [3.05, 3.63) is 42.5 Å². The number of hydrogen-bond donors (Lipinski definition) is 1. The summed E-state index contributed by atoms with van der Waals surface area (Å²) in [6.07, 6.45) is -2.33. The number of carboxylic acids is 1. The van der Waals surface area contributed by atoms with Crippen LogP contribution < -0.4 is 4.74 Å². The lowest BCUT2D eigenvalue weighted by Crippen LogP contribution is -2.21. The quantitative estimate of drug-likeness (QED) is 0.864. The van der Waals surface area contributed by atoms with Gasteiger partial charge in [-0.25, -0.2) is 4.79 Å². The number of hydrogen-bond acceptors (Lipinski definition) is 2. The fourth-order valence-corrected chi connectivity index (χ4v) is 1.41. The van der Waals surface area contributed by atoms with Gasteiger partial charge in [-0.2, -0.15) is 4.39 Å². The van der Waals surface area contributed by atoms with Crippen LogP contribution in [0.2, 0.25) is 0 Å². The van der Waals surface area contributed by atoms with Crippen molar-refractivity contribution in [2.24, 2.45) is 0 Å². The molecular formula is C12H9FO3. The Morgan fingerprint density at radius 3 is 2.56 bits per heavy atom. The first-order valence-electron chi connectivity index (χ1n) is 4.69.